The first-order valence-corrected chi connectivity index (χ1v) is 8.36. The molecule has 0 spiro atoms. The summed E-state index contributed by atoms with van der Waals surface area (Å²) in [4.78, 5) is 30.8. The third-order valence-electron chi connectivity index (χ3n) is 3.47. The van der Waals surface area contributed by atoms with Gasteiger partial charge < -0.3 is 32.5 Å². The number of carbonyl (C=O) groups is 3. The third kappa shape index (κ3) is 10.9. The fourth-order valence-electron chi connectivity index (χ4n) is 1.88. The van der Waals surface area contributed by atoms with Gasteiger partial charge in [0, 0.05) is 54.8 Å². The van der Waals surface area contributed by atoms with Gasteiger partial charge in [0.1, 0.15) is 0 Å². The van der Waals surface area contributed by atoms with Crippen LogP contribution in [0.25, 0.3) is 0 Å². The Morgan fingerprint density at radius 2 is 0.613 bits per heavy atom. The molecule has 31 heavy (non-hydrogen) atoms. The average Bonchev–Trinajstić information content (AvgIpc) is 2.70. The summed E-state index contributed by atoms with van der Waals surface area (Å²) in [6.07, 6.45) is 0. The Balaban J connectivity index is 0.000000429. The monoisotopic (exact) mass is 576 g/mol. The molecule has 0 aliphatic heterocycles. The molecule has 1 radical (unpaired) electrons. The fraction of sp³-hybridized carbons (Fsp3) is 0. The molecule has 9 N–H and O–H groups in total. The number of aromatic carboxylic acids is 3. The zero-order valence-corrected chi connectivity index (χ0v) is 18.0. The van der Waals surface area contributed by atoms with Crippen LogP contribution in [-0.2, 0) is 0 Å². The molecule has 0 unspecified atom stereocenters. The molecular weight excluding hydrogens is 555 g/mol. The van der Waals surface area contributed by atoms with E-state index >= 15 is 0 Å². The maximum atomic E-state index is 10.3. The molecule has 0 atom stereocenters. The first-order valence-electron chi connectivity index (χ1n) is 8.36. The van der Waals surface area contributed by atoms with Crippen molar-refractivity contribution < 1.29 is 67.4 Å². The quantitative estimate of drug-likeness (QED) is 0.201. The first-order chi connectivity index (χ1) is 14.1. The second kappa shape index (κ2) is 13.9. The van der Waals surface area contributed by atoms with Crippen molar-refractivity contribution in [3.8, 4) is 0 Å². The summed E-state index contributed by atoms with van der Waals surface area (Å²) in [6.45, 7) is 0. The number of rotatable bonds is 3. The Labute approximate surface area is 208 Å². The molecule has 3 rings (SSSR count). The van der Waals surface area contributed by atoms with Crippen LogP contribution in [0, 0.1) is 37.7 Å². The third-order valence-corrected chi connectivity index (χ3v) is 3.47. The molecule has 3 aromatic rings. The van der Waals surface area contributed by atoms with Crippen LogP contribution in [0.15, 0.2) is 72.8 Å². The average molecular weight is 576 g/mol. The number of carboxylic acids is 3. The van der Waals surface area contributed by atoms with E-state index in [9.17, 15) is 14.4 Å². The summed E-state index contributed by atoms with van der Waals surface area (Å²) in [5.74, 6) is -2.79. The van der Waals surface area contributed by atoms with Gasteiger partial charge in [-0.15, -0.1) is 0 Å². The van der Waals surface area contributed by atoms with Crippen LogP contribution in [-0.4, -0.2) is 33.2 Å². The van der Waals surface area contributed by atoms with E-state index in [1.165, 1.54) is 36.4 Å². The number of anilines is 3. The first kappa shape index (κ1) is 27.7. The molecule has 0 aromatic heterocycles. The molecule has 10 heteroatoms. The van der Waals surface area contributed by atoms with Gasteiger partial charge in [0.05, 0.1) is 16.7 Å². The van der Waals surface area contributed by atoms with Gasteiger partial charge in [0.2, 0.25) is 0 Å². The van der Waals surface area contributed by atoms with E-state index in [-0.39, 0.29) is 54.4 Å². The van der Waals surface area contributed by atoms with Gasteiger partial charge in [-0.05, 0) is 72.8 Å². The van der Waals surface area contributed by atoms with Crippen molar-refractivity contribution in [1.82, 2.24) is 0 Å². The normalized spacial score (nSPS) is 8.90. The Hall–Kier alpha value is -3.27. The molecule has 0 aliphatic carbocycles. The Morgan fingerprint density at radius 3 is 0.742 bits per heavy atom. The number of hydrogen-bond donors (Lipinski definition) is 6. The summed E-state index contributed by atoms with van der Waals surface area (Å²) in [6, 6.07) is 18.2. The number of benzene rings is 3. The van der Waals surface area contributed by atoms with Crippen LogP contribution in [0.3, 0.4) is 0 Å². The standard InChI is InChI=1S/3C7H7NO2.Ho/c3*8-6-3-1-5(2-4-6)7(9)10;/h3*1-4H,8H2,(H,9,10);. The molecule has 167 valence electrons. The molecule has 0 amide bonds. The largest absolute Gasteiger partial charge is 0.478 e. The van der Waals surface area contributed by atoms with Crippen LogP contribution in [0.5, 0.6) is 0 Å². The van der Waals surface area contributed by atoms with Crippen molar-refractivity contribution in [2.24, 2.45) is 0 Å². The van der Waals surface area contributed by atoms with Crippen molar-refractivity contribution in [2.45, 2.75) is 0 Å². The summed E-state index contributed by atoms with van der Waals surface area (Å²) in [7, 11) is 0. The van der Waals surface area contributed by atoms with Crippen molar-refractivity contribution >= 4 is 35.0 Å². The van der Waals surface area contributed by atoms with Crippen molar-refractivity contribution in [3.63, 3.8) is 0 Å². The van der Waals surface area contributed by atoms with E-state index in [2.05, 4.69) is 0 Å². The minimum absolute atomic E-state index is 0. The number of hydrogen-bond acceptors (Lipinski definition) is 6. The predicted octanol–water partition coefficient (Wildman–Crippen LogP) is 2.90. The van der Waals surface area contributed by atoms with Gasteiger partial charge in [-0.3, -0.25) is 0 Å². The van der Waals surface area contributed by atoms with Crippen molar-refractivity contribution in [3.05, 3.63) is 89.5 Å². The molecule has 0 fully saturated rings. The Morgan fingerprint density at radius 1 is 0.452 bits per heavy atom. The maximum Gasteiger partial charge on any atom is 0.335 e. The molecule has 3 aromatic carbocycles. The van der Waals surface area contributed by atoms with Crippen LogP contribution >= 0.6 is 0 Å². The van der Waals surface area contributed by atoms with Gasteiger partial charge in [-0.25, -0.2) is 14.4 Å². The van der Waals surface area contributed by atoms with E-state index in [0.29, 0.717) is 17.1 Å². The minimum Gasteiger partial charge on any atom is -0.478 e. The van der Waals surface area contributed by atoms with E-state index in [1.54, 1.807) is 36.4 Å². The van der Waals surface area contributed by atoms with E-state index in [0.717, 1.165) is 0 Å². The second-order valence-corrected chi connectivity index (χ2v) is 5.78. The number of nitrogens with two attached hydrogens (primary N) is 3. The van der Waals surface area contributed by atoms with Crippen LogP contribution in [0.1, 0.15) is 31.1 Å². The van der Waals surface area contributed by atoms with E-state index < -0.39 is 17.9 Å². The molecule has 0 heterocycles. The van der Waals surface area contributed by atoms with Crippen LogP contribution in [0.4, 0.5) is 17.1 Å². The van der Waals surface area contributed by atoms with E-state index in [1.807, 2.05) is 0 Å². The molecule has 0 aliphatic rings. The predicted molar refractivity (Wildman–Crippen MR) is 113 cm³/mol. The zero-order chi connectivity index (χ0) is 22.7. The van der Waals surface area contributed by atoms with Gasteiger partial charge in [-0.2, -0.15) is 0 Å². The van der Waals surface area contributed by atoms with Gasteiger partial charge >= 0.3 is 17.9 Å². The summed E-state index contributed by atoms with van der Waals surface area (Å²) < 4.78 is 0. The van der Waals surface area contributed by atoms with Gasteiger partial charge in [-0.1, -0.05) is 0 Å². The smallest absolute Gasteiger partial charge is 0.335 e. The van der Waals surface area contributed by atoms with Crippen molar-refractivity contribution in [1.29, 1.82) is 0 Å². The number of nitrogen functional groups attached to an aromatic ring is 3. The molecule has 0 saturated carbocycles. The minimum atomic E-state index is -0.931. The maximum absolute atomic E-state index is 10.3. The van der Waals surface area contributed by atoms with Crippen LogP contribution < -0.4 is 17.2 Å². The zero-order valence-electron chi connectivity index (χ0n) is 16.0. The van der Waals surface area contributed by atoms with Gasteiger partial charge in [0.25, 0.3) is 0 Å². The van der Waals surface area contributed by atoms with Gasteiger partial charge in [0.15, 0.2) is 0 Å². The Kier molecular flexibility index (Phi) is 12.4. The summed E-state index contributed by atoms with van der Waals surface area (Å²) in [5.41, 5.74) is 18.5. The van der Waals surface area contributed by atoms with E-state index in [4.69, 9.17) is 32.5 Å². The molecule has 0 saturated heterocycles. The van der Waals surface area contributed by atoms with Crippen LogP contribution in [0.2, 0.25) is 0 Å². The molecule has 0 bridgehead atoms. The topological polar surface area (TPSA) is 190 Å². The molecule has 9 nitrogen and oxygen atoms in total. The SMILES string of the molecule is Nc1ccc(C(=O)O)cc1.Nc1ccc(C(=O)O)cc1.Nc1ccc(C(=O)O)cc1.[Ho]. The second-order valence-electron chi connectivity index (χ2n) is 5.78. The fourth-order valence-corrected chi connectivity index (χ4v) is 1.88. The molecular formula is C21H21HoN3O6. The van der Waals surface area contributed by atoms with Crippen molar-refractivity contribution in [2.75, 3.05) is 17.2 Å². The number of carboxylic acid groups (broad SMARTS) is 3. The summed E-state index contributed by atoms with van der Waals surface area (Å²) in [5, 5.41) is 25.3. The summed E-state index contributed by atoms with van der Waals surface area (Å²) >= 11 is 0. The Bertz CT molecular complexity index is 859.